The zero-order chi connectivity index (χ0) is 21.7. The average Bonchev–Trinajstić information content (AvgIpc) is 3.29. The molecule has 31 heavy (non-hydrogen) atoms. The number of carbonyl (C=O) groups excluding carboxylic acids is 2. The molecular formula is C19H21F3IN5O3. The molecule has 12 heteroatoms. The number of nitrogens with one attached hydrogen (secondary N) is 2. The summed E-state index contributed by atoms with van der Waals surface area (Å²) in [5, 5.41) is 5.01. The van der Waals surface area contributed by atoms with Crippen molar-refractivity contribution in [3.63, 3.8) is 0 Å². The minimum Gasteiger partial charge on any atom is -0.459 e. The molecule has 0 spiro atoms. The Labute approximate surface area is 193 Å². The lowest BCUT2D eigenvalue weighted by atomic mass is 10.2. The van der Waals surface area contributed by atoms with Gasteiger partial charge in [0.1, 0.15) is 0 Å². The third-order valence-electron chi connectivity index (χ3n) is 4.53. The second-order valence-corrected chi connectivity index (χ2v) is 6.43. The van der Waals surface area contributed by atoms with E-state index < -0.39 is 29.0 Å². The third kappa shape index (κ3) is 5.89. The maximum absolute atomic E-state index is 13.7. The zero-order valence-electron chi connectivity index (χ0n) is 16.5. The quantitative estimate of drug-likeness (QED) is 0.264. The summed E-state index contributed by atoms with van der Waals surface area (Å²) in [7, 11) is 1.54. The number of piperazine rings is 1. The van der Waals surface area contributed by atoms with Crippen LogP contribution in [-0.2, 0) is 4.79 Å². The Morgan fingerprint density at radius 3 is 2.35 bits per heavy atom. The maximum Gasteiger partial charge on any atom is 0.289 e. The van der Waals surface area contributed by atoms with Crippen LogP contribution in [0.3, 0.4) is 0 Å². The first-order chi connectivity index (χ1) is 14.4. The summed E-state index contributed by atoms with van der Waals surface area (Å²) in [4.78, 5) is 32.0. The number of guanidine groups is 1. The van der Waals surface area contributed by atoms with Gasteiger partial charge in [-0.3, -0.25) is 14.6 Å². The first-order valence-electron chi connectivity index (χ1n) is 9.12. The summed E-state index contributed by atoms with van der Waals surface area (Å²) in [6, 6.07) is 4.91. The van der Waals surface area contributed by atoms with Crippen molar-refractivity contribution >= 4 is 47.4 Å². The monoisotopic (exact) mass is 551 g/mol. The zero-order valence-corrected chi connectivity index (χ0v) is 18.9. The minimum absolute atomic E-state index is 0. The Balaban J connectivity index is 0.00000341. The molecule has 2 amide bonds. The fourth-order valence-corrected chi connectivity index (χ4v) is 2.99. The number of benzene rings is 1. The smallest absolute Gasteiger partial charge is 0.289 e. The molecule has 3 rings (SSSR count). The SMILES string of the molecule is CN=C(NCC(=O)Nc1ccc(F)c(F)c1F)N1CCN(C(=O)c2ccco2)CC1.I. The standard InChI is InChI=1S/C19H20F3N5O3.HI/c1-23-19(24-11-15(28)25-13-5-4-12(20)16(21)17(13)22)27-8-6-26(7-9-27)18(29)14-3-2-10-30-14;/h2-5,10H,6-9,11H2,1H3,(H,23,24)(H,25,28);1H. The molecule has 2 aromatic rings. The van der Waals surface area contributed by atoms with Gasteiger partial charge in [-0.15, -0.1) is 24.0 Å². The molecule has 168 valence electrons. The van der Waals surface area contributed by atoms with Gasteiger partial charge < -0.3 is 24.9 Å². The number of carbonyl (C=O) groups is 2. The van der Waals surface area contributed by atoms with Crippen LogP contribution in [0.1, 0.15) is 10.6 Å². The van der Waals surface area contributed by atoms with E-state index in [9.17, 15) is 22.8 Å². The summed E-state index contributed by atoms with van der Waals surface area (Å²) in [6.07, 6.45) is 1.44. The number of amides is 2. The van der Waals surface area contributed by atoms with Crippen LogP contribution in [0.4, 0.5) is 18.9 Å². The van der Waals surface area contributed by atoms with Crippen molar-refractivity contribution in [1.82, 2.24) is 15.1 Å². The third-order valence-corrected chi connectivity index (χ3v) is 4.53. The Bertz CT molecular complexity index is 948. The van der Waals surface area contributed by atoms with Crippen LogP contribution in [0, 0.1) is 17.5 Å². The molecule has 0 aliphatic carbocycles. The molecule has 0 unspecified atom stereocenters. The van der Waals surface area contributed by atoms with Gasteiger partial charge in [0.15, 0.2) is 29.2 Å². The molecule has 1 aromatic carbocycles. The Kier molecular flexibility index (Phi) is 8.71. The highest BCUT2D eigenvalue weighted by Crippen LogP contribution is 2.19. The highest BCUT2D eigenvalue weighted by Gasteiger charge is 2.25. The Morgan fingerprint density at radius 2 is 1.74 bits per heavy atom. The topological polar surface area (TPSA) is 90.2 Å². The molecule has 0 bridgehead atoms. The van der Waals surface area contributed by atoms with E-state index in [1.807, 2.05) is 4.90 Å². The summed E-state index contributed by atoms with van der Waals surface area (Å²) in [6.45, 7) is 1.56. The van der Waals surface area contributed by atoms with E-state index in [2.05, 4.69) is 15.6 Å². The molecule has 1 aromatic heterocycles. The molecular weight excluding hydrogens is 530 g/mol. The van der Waals surface area contributed by atoms with Gasteiger partial charge in [0.05, 0.1) is 18.5 Å². The van der Waals surface area contributed by atoms with Gasteiger partial charge in [0, 0.05) is 33.2 Å². The van der Waals surface area contributed by atoms with Gasteiger partial charge in [-0.25, -0.2) is 13.2 Å². The number of nitrogens with zero attached hydrogens (tertiary/aromatic N) is 3. The second-order valence-electron chi connectivity index (χ2n) is 6.43. The van der Waals surface area contributed by atoms with Gasteiger partial charge in [-0.2, -0.15) is 0 Å². The number of rotatable bonds is 4. The van der Waals surface area contributed by atoms with Crippen LogP contribution >= 0.6 is 24.0 Å². The largest absolute Gasteiger partial charge is 0.459 e. The lowest BCUT2D eigenvalue weighted by molar-refractivity contribution is -0.115. The number of furan rings is 1. The van der Waals surface area contributed by atoms with Gasteiger partial charge in [0.2, 0.25) is 5.91 Å². The maximum atomic E-state index is 13.7. The van der Waals surface area contributed by atoms with Crippen molar-refractivity contribution in [2.75, 3.05) is 45.1 Å². The minimum atomic E-state index is -1.65. The van der Waals surface area contributed by atoms with Crippen LogP contribution in [0.2, 0.25) is 0 Å². The molecule has 8 nitrogen and oxygen atoms in total. The van der Waals surface area contributed by atoms with Crippen molar-refractivity contribution in [3.8, 4) is 0 Å². The van der Waals surface area contributed by atoms with E-state index in [1.54, 1.807) is 17.0 Å². The van der Waals surface area contributed by atoms with Crippen LogP contribution < -0.4 is 10.6 Å². The van der Waals surface area contributed by atoms with Crippen LogP contribution in [0.15, 0.2) is 39.9 Å². The Morgan fingerprint density at radius 1 is 1.06 bits per heavy atom. The van der Waals surface area contributed by atoms with Crippen molar-refractivity contribution in [3.05, 3.63) is 53.7 Å². The predicted molar refractivity (Wildman–Crippen MR) is 118 cm³/mol. The van der Waals surface area contributed by atoms with E-state index >= 15 is 0 Å². The highest BCUT2D eigenvalue weighted by molar-refractivity contribution is 14.0. The molecule has 0 atom stereocenters. The first kappa shape index (κ1) is 24.5. The molecule has 1 aliphatic rings. The van der Waals surface area contributed by atoms with Crippen molar-refractivity contribution in [2.24, 2.45) is 4.99 Å². The lowest BCUT2D eigenvalue weighted by Gasteiger charge is -2.36. The number of aliphatic imine (C=N–C) groups is 1. The molecule has 0 radical (unpaired) electrons. The number of hydrogen-bond acceptors (Lipinski definition) is 4. The van der Waals surface area contributed by atoms with E-state index in [4.69, 9.17) is 4.42 Å². The molecule has 2 N–H and O–H groups in total. The number of halogens is 4. The summed E-state index contributed by atoms with van der Waals surface area (Å²) in [5.41, 5.74) is -0.458. The fourth-order valence-electron chi connectivity index (χ4n) is 2.99. The average molecular weight is 551 g/mol. The predicted octanol–water partition coefficient (Wildman–Crippen LogP) is 2.29. The van der Waals surface area contributed by atoms with Crippen LogP contribution in [-0.4, -0.2) is 67.3 Å². The summed E-state index contributed by atoms with van der Waals surface area (Å²) < 4.78 is 45.0. The van der Waals surface area contributed by atoms with Crippen molar-refractivity contribution in [1.29, 1.82) is 0 Å². The van der Waals surface area contributed by atoms with E-state index in [0.717, 1.165) is 12.1 Å². The summed E-state index contributed by atoms with van der Waals surface area (Å²) in [5.74, 6) is -4.63. The Hall–Kier alpha value is -2.77. The van der Waals surface area contributed by atoms with E-state index in [0.29, 0.717) is 32.1 Å². The lowest BCUT2D eigenvalue weighted by Crippen LogP contribution is -2.54. The first-order valence-corrected chi connectivity index (χ1v) is 9.12. The van der Waals surface area contributed by atoms with E-state index in [1.165, 1.54) is 13.3 Å². The van der Waals surface area contributed by atoms with Crippen LogP contribution in [0.5, 0.6) is 0 Å². The molecule has 2 heterocycles. The molecule has 1 saturated heterocycles. The molecule has 1 aliphatic heterocycles. The highest BCUT2D eigenvalue weighted by atomic mass is 127. The molecule has 1 fully saturated rings. The second kappa shape index (κ2) is 11.0. The normalized spacial score (nSPS) is 14.1. The number of anilines is 1. The van der Waals surface area contributed by atoms with Crippen LogP contribution in [0.25, 0.3) is 0 Å². The van der Waals surface area contributed by atoms with Gasteiger partial charge in [-0.1, -0.05) is 0 Å². The van der Waals surface area contributed by atoms with Gasteiger partial charge in [-0.05, 0) is 24.3 Å². The van der Waals surface area contributed by atoms with Crippen molar-refractivity contribution in [2.45, 2.75) is 0 Å². The summed E-state index contributed by atoms with van der Waals surface area (Å²) >= 11 is 0. The van der Waals surface area contributed by atoms with Crippen molar-refractivity contribution < 1.29 is 27.2 Å². The van der Waals surface area contributed by atoms with E-state index in [-0.39, 0.29) is 42.2 Å². The fraction of sp³-hybridized carbons (Fsp3) is 0.316. The number of hydrogen-bond donors (Lipinski definition) is 2. The molecule has 0 saturated carbocycles. The van der Waals surface area contributed by atoms with Gasteiger partial charge in [0.25, 0.3) is 5.91 Å². The van der Waals surface area contributed by atoms with Gasteiger partial charge >= 0.3 is 0 Å².